The average molecular weight is 265 g/mol. The van der Waals surface area contributed by atoms with Crippen LogP contribution in [0.3, 0.4) is 0 Å². The van der Waals surface area contributed by atoms with Gasteiger partial charge >= 0.3 is 0 Å². The number of nitrogens with one attached hydrogen (secondary N) is 1. The zero-order valence-electron chi connectivity index (χ0n) is 10.2. The number of aryl methyl sites for hydroxylation is 1. The minimum absolute atomic E-state index is 0.00285. The molecule has 1 N–H and O–H groups in total. The summed E-state index contributed by atoms with van der Waals surface area (Å²) in [4.78, 5) is 3.99. The summed E-state index contributed by atoms with van der Waals surface area (Å²) in [6.45, 7) is 3.72. The quantitative estimate of drug-likeness (QED) is 0.834. The van der Waals surface area contributed by atoms with Gasteiger partial charge in [-0.25, -0.2) is 9.37 Å². The maximum absolute atomic E-state index is 13.5. The Kier molecular flexibility index (Phi) is 3.82. The summed E-state index contributed by atoms with van der Waals surface area (Å²) in [6, 6.07) is 8.81. The van der Waals surface area contributed by atoms with Crippen LogP contribution in [-0.2, 0) is 0 Å². The fraction of sp³-hybridized carbons (Fsp3) is 0.214. The molecule has 0 radical (unpaired) electrons. The third-order valence-corrected chi connectivity index (χ3v) is 3.03. The van der Waals surface area contributed by atoms with E-state index in [1.807, 2.05) is 19.1 Å². The van der Waals surface area contributed by atoms with Gasteiger partial charge in [0.15, 0.2) is 0 Å². The summed E-state index contributed by atoms with van der Waals surface area (Å²) in [5, 5.41) is 3.70. The Morgan fingerprint density at radius 3 is 2.67 bits per heavy atom. The lowest BCUT2D eigenvalue weighted by atomic mass is 10.1. The van der Waals surface area contributed by atoms with E-state index in [1.54, 1.807) is 31.3 Å². The number of hydrogen-bond acceptors (Lipinski definition) is 2. The van der Waals surface area contributed by atoms with Gasteiger partial charge in [0.05, 0.1) is 11.9 Å². The predicted octanol–water partition coefficient (Wildman–Crippen LogP) is 4.36. The molecule has 0 bridgehead atoms. The Balaban J connectivity index is 2.13. The minimum atomic E-state index is -0.185. The van der Waals surface area contributed by atoms with Gasteiger partial charge in [-0.05, 0) is 43.2 Å². The molecule has 1 atom stereocenters. The molecule has 0 aliphatic carbocycles. The summed E-state index contributed by atoms with van der Waals surface area (Å²) in [7, 11) is 0. The van der Waals surface area contributed by atoms with Gasteiger partial charge in [0.2, 0.25) is 0 Å². The third-order valence-electron chi connectivity index (χ3n) is 2.81. The first-order chi connectivity index (χ1) is 8.56. The van der Waals surface area contributed by atoms with Crippen molar-refractivity contribution in [1.29, 1.82) is 0 Å². The van der Waals surface area contributed by atoms with Crippen LogP contribution in [0.15, 0.2) is 36.5 Å². The molecule has 1 unspecified atom stereocenters. The van der Waals surface area contributed by atoms with Gasteiger partial charge in [0.1, 0.15) is 11.0 Å². The van der Waals surface area contributed by atoms with Crippen LogP contribution in [-0.4, -0.2) is 4.98 Å². The number of aromatic nitrogens is 1. The lowest BCUT2D eigenvalue weighted by Crippen LogP contribution is -2.07. The molecular weight excluding hydrogens is 251 g/mol. The molecule has 0 fully saturated rings. The molecule has 2 rings (SSSR count). The maximum Gasteiger partial charge on any atom is 0.129 e. The van der Waals surface area contributed by atoms with E-state index in [9.17, 15) is 4.39 Å². The molecule has 1 aromatic heterocycles. The van der Waals surface area contributed by atoms with Crippen molar-refractivity contribution in [3.05, 3.63) is 58.6 Å². The van der Waals surface area contributed by atoms with Crippen molar-refractivity contribution in [3.63, 3.8) is 0 Å². The number of rotatable bonds is 3. The molecule has 0 saturated carbocycles. The summed E-state index contributed by atoms with van der Waals surface area (Å²) in [6.07, 6.45) is 1.66. The highest BCUT2D eigenvalue weighted by Crippen LogP contribution is 2.21. The largest absolute Gasteiger partial charge is 0.377 e. The second-order valence-electron chi connectivity index (χ2n) is 4.24. The number of benzene rings is 1. The fourth-order valence-electron chi connectivity index (χ4n) is 1.67. The van der Waals surface area contributed by atoms with Gasteiger partial charge in [-0.15, -0.1) is 0 Å². The standard InChI is InChI=1S/C14H14ClFN2/c1-9-3-4-11(7-13(9)16)10(2)18-12-5-6-14(15)17-8-12/h3-8,10,18H,1-2H3. The minimum Gasteiger partial charge on any atom is -0.377 e. The third kappa shape index (κ3) is 2.99. The highest BCUT2D eigenvalue weighted by atomic mass is 35.5. The normalized spacial score (nSPS) is 12.2. The molecule has 0 amide bonds. The van der Waals surface area contributed by atoms with Gasteiger partial charge in [-0.2, -0.15) is 0 Å². The predicted molar refractivity (Wildman–Crippen MR) is 72.4 cm³/mol. The van der Waals surface area contributed by atoms with Gasteiger partial charge < -0.3 is 5.32 Å². The molecule has 0 aliphatic rings. The Morgan fingerprint density at radius 2 is 2.06 bits per heavy atom. The first-order valence-electron chi connectivity index (χ1n) is 5.70. The smallest absolute Gasteiger partial charge is 0.129 e. The van der Waals surface area contributed by atoms with Crippen molar-refractivity contribution in [2.24, 2.45) is 0 Å². The first-order valence-corrected chi connectivity index (χ1v) is 6.08. The Morgan fingerprint density at radius 1 is 1.28 bits per heavy atom. The summed E-state index contributed by atoms with van der Waals surface area (Å²) in [5.41, 5.74) is 2.40. The van der Waals surface area contributed by atoms with Crippen LogP contribution in [0.2, 0.25) is 5.15 Å². The molecule has 94 valence electrons. The van der Waals surface area contributed by atoms with Gasteiger partial charge in [-0.1, -0.05) is 23.7 Å². The van der Waals surface area contributed by atoms with Crippen molar-refractivity contribution in [2.75, 3.05) is 5.32 Å². The molecule has 0 saturated heterocycles. The lowest BCUT2D eigenvalue weighted by molar-refractivity contribution is 0.614. The fourth-order valence-corrected chi connectivity index (χ4v) is 1.78. The second-order valence-corrected chi connectivity index (χ2v) is 4.63. The summed E-state index contributed by atoms with van der Waals surface area (Å²) >= 11 is 5.71. The first kappa shape index (κ1) is 12.8. The Labute approximate surface area is 111 Å². The van der Waals surface area contributed by atoms with E-state index in [1.165, 1.54) is 0 Å². The molecule has 1 heterocycles. The zero-order chi connectivity index (χ0) is 13.1. The van der Waals surface area contributed by atoms with Crippen LogP contribution < -0.4 is 5.32 Å². The van der Waals surface area contributed by atoms with Crippen LogP contribution in [0, 0.1) is 12.7 Å². The lowest BCUT2D eigenvalue weighted by Gasteiger charge is -2.16. The van der Waals surface area contributed by atoms with E-state index in [0.29, 0.717) is 10.7 Å². The molecule has 2 nitrogen and oxygen atoms in total. The number of nitrogens with zero attached hydrogens (tertiary/aromatic N) is 1. The molecule has 0 spiro atoms. The monoisotopic (exact) mass is 264 g/mol. The zero-order valence-corrected chi connectivity index (χ0v) is 11.0. The van der Waals surface area contributed by atoms with E-state index in [2.05, 4.69) is 10.3 Å². The molecular formula is C14H14ClFN2. The number of halogens is 2. The van der Waals surface area contributed by atoms with Crippen LogP contribution in [0.4, 0.5) is 10.1 Å². The Hall–Kier alpha value is -1.61. The molecule has 0 aliphatic heterocycles. The van der Waals surface area contributed by atoms with E-state index in [4.69, 9.17) is 11.6 Å². The Bertz CT molecular complexity index is 540. The van der Waals surface area contributed by atoms with Crippen molar-refractivity contribution in [1.82, 2.24) is 4.98 Å². The van der Waals surface area contributed by atoms with Gasteiger partial charge in [0, 0.05) is 6.04 Å². The summed E-state index contributed by atoms with van der Waals surface area (Å²) in [5.74, 6) is -0.185. The van der Waals surface area contributed by atoms with E-state index in [-0.39, 0.29) is 11.9 Å². The number of hydrogen-bond donors (Lipinski definition) is 1. The van der Waals surface area contributed by atoms with Crippen LogP contribution in [0.1, 0.15) is 24.1 Å². The van der Waals surface area contributed by atoms with Gasteiger partial charge in [0.25, 0.3) is 0 Å². The van der Waals surface area contributed by atoms with Crippen molar-refractivity contribution in [2.45, 2.75) is 19.9 Å². The molecule has 2 aromatic rings. The van der Waals surface area contributed by atoms with Crippen LogP contribution in [0.5, 0.6) is 0 Å². The maximum atomic E-state index is 13.5. The van der Waals surface area contributed by atoms with Crippen LogP contribution in [0.25, 0.3) is 0 Å². The molecule has 4 heteroatoms. The van der Waals surface area contributed by atoms with E-state index >= 15 is 0 Å². The highest BCUT2D eigenvalue weighted by Gasteiger charge is 2.07. The summed E-state index contributed by atoms with van der Waals surface area (Å²) < 4.78 is 13.5. The molecule has 18 heavy (non-hydrogen) atoms. The molecule has 1 aromatic carbocycles. The SMILES string of the molecule is Cc1ccc(C(C)Nc2ccc(Cl)nc2)cc1F. The second kappa shape index (κ2) is 5.36. The number of anilines is 1. The van der Waals surface area contributed by atoms with E-state index in [0.717, 1.165) is 11.3 Å². The van der Waals surface area contributed by atoms with Gasteiger partial charge in [-0.3, -0.25) is 0 Å². The topological polar surface area (TPSA) is 24.9 Å². The van der Waals surface area contributed by atoms with Crippen molar-refractivity contribution >= 4 is 17.3 Å². The number of pyridine rings is 1. The highest BCUT2D eigenvalue weighted by molar-refractivity contribution is 6.29. The van der Waals surface area contributed by atoms with E-state index < -0.39 is 0 Å². The average Bonchev–Trinajstić information content (AvgIpc) is 2.35. The van der Waals surface area contributed by atoms with Crippen molar-refractivity contribution in [3.8, 4) is 0 Å². The van der Waals surface area contributed by atoms with Crippen LogP contribution >= 0.6 is 11.6 Å². The van der Waals surface area contributed by atoms with Crippen molar-refractivity contribution < 1.29 is 4.39 Å².